The molecule has 0 aliphatic carbocycles. The number of nitrogens with one attached hydrogen (secondary N) is 1. The van der Waals surface area contributed by atoms with Crippen molar-refractivity contribution in [3.63, 3.8) is 0 Å². The van der Waals surface area contributed by atoms with E-state index in [0.717, 1.165) is 29.1 Å². The van der Waals surface area contributed by atoms with Crippen LogP contribution in [0.2, 0.25) is 0 Å². The predicted octanol–water partition coefficient (Wildman–Crippen LogP) is 1.87. The number of fused-ring (bicyclic) bond motifs is 1. The highest BCUT2D eigenvalue weighted by Gasteiger charge is 2.26. The third kappa shape index (κ3) is 2.60. The van der Waals surface area contributed by atoms with Crippen molar-refractivity contribution in [1.29, 1.82) is 0 Å². The second-order valence-corrected chi connectivity index (χ2v) is 5.73. The molecular weight excluding hydrogens is 258 g/mol. The van der Waals surface area contributed by atoms with Gasteiger partial charge in [0.05, 0.1) is 18.8 Å². The zero-order valence-corrected chi connectivity index (χ0v) is 11.4. The van der Waals surface area contributed by atoms with Gasteiger partial charge in [-0.2, -0.15) is 11.8 Å². The summed E-state index contributed by atoms with van der Waals surface area (Å²) in [6.45, 7) is 0.783. The zero-order chi connectivity index (χ0) is 13.1. The normalized spacial score (nSPS) is 21.4. The number of aromatic nitrogens is 1. The summed E-state index contributed by atoms with van der Waals surface area (Å²) in [5, 5.41) is 2.31. The van der Waals surface area contributed by atoms with Gasteiger partial charge >= 0.3 is 0 Å². The molecule has 2 atom stereocenters. The molecule has 0 radical (unpaired) electrons. The minimum absolute atomic E-state index is 0.0219. The summed E-state index contributed by atoms with van der Waals surface area (Å²) in [5.74, 6) is 7.77. The van der Waals surface area contributed by atoms with E-state index in [2.05, 4.69) is 22.5 Å². The lowest BCUT2D eigenvalue weighted by Gasteiger charge is -2.30. The van der Waals surface area contributed by atoms with Crippen molar-refractivity contribution in [2.75, 3.05) is 18.1 Å². The quantitative estimate of drug-likeness (QED) is 0.661. The molecule has 4 nitrogen and oxygen atoms in total. The second kappa shape index (κ2) is 5.88. The standard InChI is InChI=1S/C14H17N3OS/c15-17-14(13-9-19-6-5-18-13)12-8-16-7-10-3-1-2-4-11(10)12/h1-4,7-8,13-14,17H,5-6,9,15H2. The van der Waals surface area contributed by atoms with Crippen LogP contribution in [0.3, 0.4) is 0 Å². The largest absolute Gasteiger partial charge is 0.374 e. The third-order valence-corrected chi connectivity index (χ3v) is 4.45. The Kier molecular flexibility index (Phi) is 3.98. The van der Waals surface area contributed by atoms with Gasteiger partial charge in [0, 0.05) is 29.3 Å². The number of hydrogen-bond acceptors (Lipinski definition) is 5. The number of rotatable bonds is 3. The first kappa shape index (κ1) is 12.9. The number of nitrogens with zero attached hydrogens (tertiary/aromatic N) is 1. The molecule has 2 aromatic rings. The molecule has 3 rings (SSSR count). The van der Waals surface area contributed by atoms with Gasteiger partial charge in [-0.15, -0.1) is 0 Å². The summed E-state index contributed by atoms with van der Waals surface area (Å²) < 4.78 is 5.84. The van der Waals surface area contributed by atoms with Crippen LogP contribution in [0.15, 0.2) is 36.7 Å². The number of benzene rings is 1. The van der Waals surface area contributed by atoms with Gasteiger partial charge in [0.25, 0.3) is 0 Å². The molecule has 5 heteroatoms. The Balaban J connectivity index is 2.00. The topological polar surface area (TPSA) is 60.2 Å². The van der Waals surface area contributed by atoms with Crippen molar-refractivity contribution in [3.05, 3.63) is 42.2 Å². The van der Waals surface area contributed by atoms with Crippen molar-refractivity contribution in [3.8, 4) is 0 Å². The van der Waals surface area contributed by atoms with Crippen LogP contribution in [0.1, 0.15) is 11.6 Å². The SMILES string of the molecule is NNC(c1cncc2ccccc12)C1CSCCO1. The summed E-state index contributed by atoms with van der Waals surface area (Å²) in [4.78, 5) is 4.32. The minimum Gasteiger partial charge on any atom is -0.374 e. The van der Waals surface area contributed by atoms with Crippen LogP contribution >= 0.6 is 11.8 Å². The van der Waals surface area contributed by atoms with Crippen molar-refractivity contribution in [2.24, 2.45) is 5.84 Å². The molecule has 0 amide bonds. The van der Waals surface area contributed by atoms with Crippen LogP contribution < -0.4 is 11.3 Å². The lowest BCUT2D eigenvalue weighted by atomic mass is 9.98. The predicted molar refractivity (Wildman–Crippen MR) is 78.9 cm³/mol. The molecular formula is C14H17N3OS. The maximum atomic E-state index is 5.84. The summed E-state index contributed by atoms with van der Waals surface area (Å²) in [6.07, 6.45) is 3.86. The lowest BCUT2D eigenvalue weighted by Crippen LogP contribution is -2.41. The molecule has 1 aromatic heterocycles. The van der Waals surface area contributed by atoms with Gasteiger partial charge in [-0.25, -0.2) is 0 Å². The van der Waals surface area contributed by atoms with Crippen LogP contribution in [0.25, 0.3) is 10.8 Å². The van der Waals surface area contributed by atoms with Crippen molar-refractivity contribution < 1.29 is 4.74 Å². The monoisotopic (exact) mass is 275 g/mol. The lowest BCUT2D eigenvalue weighted by molar-refractivity contribution is 0.0471. The van der Waals surface area contributed by atoms with E-state index >= 15 is 0 Å². The fourth-order valence-electron chi connectivity index (χ4n) is 2.48. The van der Waals surface area contributed by atoms with Gasteiger partial charge in [0.15, 0.2) is 0 Å². The molecule has 1 aliphatic heterocycles. The summed E-state index contributed by atoms with van der Waals surface area (Å²) in [6, 6.07) is 8.20. The first-order valence-electron chi connectivity index (χ1n) is 6.38. The zero-order valence-electron chi connectivity index (χ0n) is 10.6. The summed E-state index contributed by atoms with van der Waals surface area (Å²) in [7, 11) is 0. The Hall–Kier alpha value is -1.14. The molecule has 1 saturated heterocycles. The summed E-state index contributed by atoms with van der Waals surface area (Å²) >= 11 is 1.91. The van der Waals surface area contributed by atoms with Crippen molar-refractivity contribution in [1.82, 2.24) is 10.4 Å². The molecule has 1 aliphatic rings. The van der Waals surface area contributed by atoms with Gasteiger partial charge in [-0.3, -0.25) is 16.3 Å². The number of thioether (sulfide) groups is 1. The molecule has 1 fully saturated rings. The number of nitrogens with two attached hydrogens (primary N) is 1. The summed E-state index contributed by atoms with van der Waals surface area (Å²) in [5.41, 5.74) is 4.01. The fourth-order valence-corrected chi connectivity index (χ4v) is 3.39. The molecule has 1 aromatic carbocycles. The van der Waals surface area contributed by atoms with E-state index in [1.54, 1.807) is 0 Å². The number of pyridine rings is 1. The first-order chi connectivity index (χ1) is 9.40. The van der Waals surface area contributed by atoms with Crippen LogP contribution in [-0.2, 0) is 4.74 Å². The minimum atomic E-state index is -0.0219. The molecule has 2 unspecified atom stereocenters. The fraction of sp³-hybridized carbons (Fsp3) is 0.357. The van der Waals surface area contributed by atoms with E-state index in [4.69, 9.17) is 10.6 Å². The van der Waals surface area contributed by atoms with E-state index in [0.29, 0.717) is 0 Å². The molecule has 0 bridgehead atoms. The average molecular weight is 275 g/mol. The van der Waals surface area contributed by atoms with E-state index in [1.165, 1.54) is 5.39 Å². The molecule has 0 spiro atoms. The Labute approximate surface area is 116 Å². The van der Waals surface area contributed by atoms with Crippen molar-refractivity contribution in [2.45, 2.75) is 12.1 Å². The Morgan fingerprint density at radius 3 is 3.05 bits per heavy atom. The molecule has 2 heterocycles. The van der Waals surface area contributed by atoms with Gasteiger partial charge in [0.1, 0.15) is 0 Å². The highest BCUT2D eigenvalue weighted by molar-refractivity contribution is 7.99. The van der Waals surface area contributed by atoms with Crippen LogP contribution in [0, 0.1) is 0 Å². The van der Waals surface area contributed by atoms with E-state index in [-0.39, 0.29) is 12.1 Å². The molecule has 3 N–H and O–H groups in total. The number of hydrazine groups is 1. The molecule has 0 saturated carbocycles. The van der Waals surface area contributed by atoms with Gasteiger partial charge in [-0.05, 0) is 10.9 Å². The first-order valence-corrected chi connectivity index (χ1v) is 7.54. The molecule has 100 valence electrons. The average Bonchev–Trinajstić information content (AvgIpc) is 2.49. The van der Waals surface area contributed by atoms with Crippen LogP contribution in [-0.4, -0.2) is 29.2 Å². The van der Waals surface area contributed by atoms with Gasteiger partial charge in [-0.1, -0.05) is 24.3 Å². The van der Waals surface area contributed by atoms with E-state index in [1.807, 2.05) is 36.3 Å². The van der Waals surface area contributed by atoms with Crippen molar-refractivity contribution >= 4 is 22.5 Å². The maximum absolute atomic E-state index is 5.84. The Morgan fingerprint density at radius 1 is 1.37 bits per heavy atom. The second-order valence-electron chi connectivity index (χ2n) is 4.58. The smallest absolute Gasteiger partial charge is 0.0874 e. The number of ether oxygens (including phenoxy) is 1. The number of hydrogen-bond donors (Lipinski definition) is 2. The van der Waals surface area contributed by atoms with E-state index in [9.17, 15) is 0 Å². The molecule has 19 heavy (non-hydrogen) atoms. The van der Waals surface area contributed by atoms with Crippen LogP contribution in [0.5, 0.6) is 0 Å². The maximum Gasteiger partial charge on any atom is 0.0874 e. The van der Waals surface area contributed by atoms with Crippen LogP contribution in [0.4, 0.5) is 0 Å². The highest BCUT2D eigenvalue weighted by atomic mass is 32.2. The Bertz CT molecular complexity index is 552. The Morgan fingerprint density at radius 2 is 2.26 bits per heavy atom. The third-order valence-electron chi connectivity index (χ3n) is 3.43. The van der Waals surface area contributed by atoms with E-state index < -0.39 is 0 Å². The highest BCUT2D eigenvalue weighted by Crippen LogP contribution is 2.29. The van der Waals surface area contributed by atoms with Gasteiger partial charge < -0.3 is 4.74 Å². The van der Waals surface area contributed by atoms with Gasteiger partial charge in [0.2, 0.25) is 0 Å².